The molecule has 2 aromatic rings. The fourth-order valence-electron chi connectivity index (χ4n) is 1.53. The van der Waals surface area contributed by atoms with Gasteiger partial charge in [0.05, 0.1) is 6.54 Å². The van der Waals surface area contributed by atoms with E-state index in [0.717, 1.165) is 5.69 Å². The number of hydrogen-bond donors (Lipinski definition) is 1. The van der Waals surface area contributed by atoms with E-state index in [-0.39, 0.29) is 12.4 Å². The summed E-state index contributed by atoms with van der Waals surface area (Å²) in [6, 6.07) is 6.78. The van der Waals surface area contributed by atoms with Crippen molar-refractivity contribution in [3.8, 4) is 11.8 Å². The molecule has 0 saturated heterocycles. The van der Waals surface area contributed by atoms with Crippen LogP contribution in [0.2, 0.25) is 0 Å². The number of benzene rings is 1. The lowest BCUT2D eigenvalue weighted by atomic mass is 10.1. The van der Waals surface area contributed by atoms with Gasteiger partial charge in [-0.3, -0.25) is 0 Å². The van der Waals surface area contributed by atoms with Crippen LogP contribution in [0.3, 0.4) is 0 Å². The summed E-state index contributed by atoms with van der Waals surface area (Å²) in [5.74, 6) is 5.72. The van der Waals surface area contributed by atoms with Crippen molar-refractivity contribution in [3.63, 3.8) is 0 Å². The van der Waals surface area contributed by atoms with E-state index in [1.165, 1.54) is 17.8 Å². The number of nitrogens with zero attached hydrogens (tertiary/aromatic N) is 2. The number of aromatic nitrogens is 2. The fraction of sp³-hybridized carbons (Fsp3) is 0.200. The van der Waals surface area contributed by atoms with Crippen LogP contribution in [-0.4, -0.2) is 16.5 Å². The van der Waals surface area contributed by atoms with Crippen molar-refractivity contribution in [1.82, 2.24) is 9.97 Å². The average Bonchev–Trinajstić information content (AvgIpc) is 2.44. The van der Waals surface area contributed by atoms with E-state index >= 15 is 0 Å². The molecule has 0 aliphatic carbocycles. The van der Waals surface area contributed by atoms with Gasteiger partial charge in [0.25, 0.3) is 0 Å². The molecule has 102 valence electrons. The van der Waals surface area contributed by atoms with E-state index in [4.69, 9.17) is 5.73 Å². The molecule has 1 aromatic heterocycles. The minimum atomic E-state index is -0.269. The van der Waals surface area contributed by atoms with Crippen molar-refractivity contribution >= 4 is 11.8 Å². The zero-order chi connectivity index (χ0) is 14.4. The number of halogens is 1. The molecule has 0 atom stereocenters. The predicted molar refractivity (Wildman–Crippen MR) is 78.7 cm³/mol. The Balaban J connectivity index is 2.06. The van der Waals surface area contributed by atoms with Gasteiger partial charge in [-0.15, -0.1) is 0 Å². The third-order valence-electron chi connectivity index (χ3n) is 2.52. The maximum absolute atomic E-state index is 13.9. The van der Waals surface area contributed by atoms with Crippen molar-refractivity contribution in [2.45, 2.75) is 17.8 Å². The van der Waals surface area contributed by atoms with Crippen LogP contribution in [0.15, 0.2) is 35.6 Å². The molecular weight excluding hydrogens is 273 g/mol. The lowest BCUT2D eigenvalue weighted by Gasteiger charge is -2.03. The molecule has 3 nitrogen and oxygen atoms in total. The summed E-state index contributed by atoms with van der Waals surface area (Å²) in [6.07, 6.45) is 1.70. The Morgan fingerprint density at radius 3 is 2.90 bits per heavy atom. The van der Waals surface area contributed by atoms with E-state index < -0.39 is 0 Å². The largest absolute Gasteiger partial charge is 0.320 e. The third kappa shape index (κ3) is 4.05. The Morgan fingerprint density at radius 2 is 2.20 bits per heavy atom. The van der Waals surface area contributed by atoms with E-state index in [9.17, 15) is 4.39 Å². The summed E-state index contributed by atoms with van der Waals surface area (Å²) in [6.45, 7) is 2.17. The first-order chi connectivity index (χ1) is 9.69. The van der Waals surface area contributed by atoms with Gasteiger partial charge in [-0.1, -0.05) is 29.7 Å². The van der Waals surface area contributed by atoms with Gasteiger partial charge in [-0.25, -0.2) is 14.4 Å². The Kier molecular flexibility index (Phi) is 5.10. The summed E-state index contributed by atoms with van der Waals surface area (Å²) < 4.78 is 13.9. The lowest BCUT2D eigenvalue weighted by Crippen LogP contribution is -1.94. The number of nitrogens with two attached hydrogens (primary N) is 1. The zero-order valence-corrected chi connectivity index (χ0v) is 11.9. The van der Waals surface area contributed by atoms with Gasteiger partial charge in [-0.05, 0) is 30.7 Å². The second-order valence-electron chi connectivity index (χ2n) is 4.08. The highest BCUT2D eigenvalue weighted by molar-refractivity contribution is 7.98. The van der Waals surface area contributed by atoms with Crippen molar-refractivity contribution < 1.29 is 4.39 Å². The van der Waals surface area contributed by atoms with Crippen LogP contribution in [0.5, 0.6) is 0 Å². The first-order valence-corrected chi connectivity index (χ1v) is 7.07. The van der Waals surface area contributed by atoms with Gasteiger partial charge >= 0.3 is 0 Å². The molecule has 2 rings (SSSR count). The highest BCUT2D eigenvalue weighted by Crippen LogP contribution is 2.21. The Bertz CT molecular complexity index is 662. The Morgan fingerprint density at radius 1 is 1.35 bits per heavy atom. The highest BCUT2D eigenvalue weighted by atomic mass is 32.2. The maximum atomic E-state index is 13.9. The quantitative estimate of drug-likeness (QED) is 0.535. The molecule has 1 aromatic carbocycles. The molecule has 0 radical (unpaired) electrons. The van der Waals surface area contributed by atoms with Gasteiger partial charge in [-0.2, -0.15) is 0 Å². The second-order valence-corrected chi connectivity index (χ2v) is 5.02. The van der Waals surface area contributed by atoms with Crippen LogP contribution >= 0.6 is 11.8 Å². The van der Waals surface area contributed by atoms with Crippen LogP contribution in [0, 0.1) is 24.6 Å². The molecule has 0 amide bonds. The number of aryl methyl sites for hydroxylation is 1. The van der Waals surface area contributed by atoms with Gasteiger partial charge in [0.15, 0.2) is 5.16 Å². The monoisotopic (exact) mass is 287 g/mol. The van der Waals surface area contributed by atoms with Gasteiger partial charge in [0.2, 0.25) is 0 Å². The normalized spacial score (nSPS) is 9.95. The van der Waals surface area contributed by atoms with Gasteiger partial charge in [0, 0.05) is 23.2 Å². The molecule has 0 unspecified atom stereocenters. The van der Waals surface area contributed by atoms with Crippen LogP contribution in [-0.2, 0) is 5.75 Å². The number of hydrogen-bond acceptors (Lipinski definition) is 4. The van der Waals surface area contributed by atoms with Crippen molar-refractivity contribution in [2.24, 2.45) is 5.73 Å². The molecule has 2 N–H and O–H groups in total. The van der Waals surface area contributed by atoms with Crippen molar-refractivity contribution in [1.29, 1.82) is 0 Å². The number of thioether (sulfide) groups is 1. The Hall–Kier alpha value is -1.90. The molecule has 0 bridgehead atoms. The fourth-order valence-corrected chi connectivity index (χ4v) is 2.40. The summed E-state index contributed by atoms with van der Waals surface area (Å²) in [7, 11) is 0. The molecule has 20 heavy (non-hydrogen) atoms. The minimum Gasteiger partial charge on any atom is -0.320 e. The molecule has 5 heteroatoms. The molecule has 1 heterocycles. The predicted octanol–water partition coefficient (Wildman–Crippen LogP) is 2.53. The molecular formula is C15H14FN3S. The van der Waals surface area contributed by atoms with E-state index in [1.54, 1.807) is 18.3 Å². The first-order valence-electron chi connectivity index (χ1n) is 6.09. The maximum Gasteiger partial charge on any atom is 0.188 e. The van der Waals surface area contributed by atoms with Crippen LogP contribution < -0.4 is 5.73 Å². The van der Waals surface area contributed by atoms with Crippen molar-refractivity contribution in [3.05, 3.63) is 53.1 Å². The number of rotatable bonds is 3. The van der Waals surface area contributed by atoms with Crippen molar-refractivity contribution in [2.75, 3.05) is 6.54 Å². The molecule has 0 aliphatic rings. The van der Waals surface area contributed by atoms with Gasteiger partial charge in [0.1, 0.15) is 5.82 Å². The standard InChI is InChI=1S/C15H14FN3S/c1-11-6-8-18-15(19-11)20-10-13-5-4-12(3-2-7-17)9-14(13)16/h4-6,8-9H,7,10,17H2,1H3. The zero-order valence-electron chi connectivity index (χ0n) is 11.1. The highest BCUT2D eigenvalue weighted by Gasteiger charge is 2.05. The third-order valence-corrected chi connectivity index (χ3v) is 3.43. The van der Waals surface area contributed by atoms with E-state index in [0.29, 0.717) is 22.0 Å². The van der Waals surface area contributed by atoms with Crippen LogP contribution in [0.25, 0.3) is 0 Å². The SMILES string of the molecule is Cc1ccnc(SCc2ccc(C#CCN)cc2F)n1. The molecule has 0 spiro atoms. The lowest BCUT2D eigenvalue weighted by molar-refractivity contribution is 0.617. The molecule has 0 aliphatic heterocycles. The van der Waals surface area contributed by atoms with Crippen LogP contribution in [0.4, 0.5) is 4.39 Å². The summed E-state index contributed by atoms with van der Waals surface area (Å²) in [5, 5.41) is 0.649. The van der Waals surface area contributed by atoms with Gasteiger partial charge < -0.3 is 5.73 Å². The second kappa shape index (κ2) is 7.04. The smallest absolute Gasteiger partial charge is 0.188 e. The Labute approximate surface area is 121 Å². The van der Waals surface area contributed by atoms with Crippen LogP contribution in [0.1, 0.15) is 16.8 Å². The molecule has 0 saturated carbocycles. The average molecular weight is 287 g/mol. The summed E-state index contributed by atoms with van der Waals surface area (Å²) in [5.41, 5.74) is 7.43. The van der Waals surface area contributed by atoms with E-state index in [2.05, 4.69) is 21.8 Å². The minimum absolute atomic E-state index is 0.268. The molecule has 0 fully saturated rings. The topological polar surface area (TPSA) is 51.8 Å². The van der Waals surface area contributed by atoms with E-state index in [1.807, 2.05) is 13.0 Å². The summed E-state index contributed by atoms with van der Waals surface area (Å²) >= 11 is 1.41. The first kappa shape index (κ1) is 14.5. The summed E-state index contributed by atoms with van der Waals surface area (Å²) in [4.78, 5) is 8.40.